The third kappa shape index (κ3) is 2.93. The fourth-order valence-electron chi connectivity index (χ4n) is 1.40. The molecule has 1 aromatic rings. The van der Waals surface area contributed by atoms with E-state index < -0.39 is 0 Å². The summed E-state index contributed by atoms with van der Waals surface area (Å²) in [6.07, 6.45) is 1.15. The Labute approximate surface area is 113 Å². The summed E-state index contributed by atoms with van der Waals surface area (Å²) in [5.41, 5.74) is 0.910. The van der Waals surface area contributed by atoms with E-state index in [1.54, 1.807) is 11.8 Å². The molecule has 0 saturated carbocycles. The first-order chi connectivity index (χ1) is 7.69. The van der Waals surface area contributed by atoms with Crippen LogP contribution in [-0.2, 0) is 0 Å². The van der Waals surface area contributed by atoms with Gasteiger partial charge in [-0.05, 0) is 24.6 Å². The molecule has 86 valence electrons. The molecule has 0 aromatic heterocycles. The zero-order chi connectivity index (χ0) is 11.5. The van der Waals surface area contributed by atoms with Crippen molar-refractivity contribution in [3.63, 3.8) is 0 Å². The molecular weight excluding hydrogens is 308 g/mol. The van der Waals surface area contributed by atoms with E-state index in [1.165, 1.54) is 0 Å². The van der Waals surface area contributed by atoms with Crippen molar-refractivity contribution in [3.8, 4) is 0 Å². The Bertz CT molecular complexity index is 422. The molecule has 1 N–H and O–H groups in total. The Kier molecular flexibility index (Phi) is 4.16. The molecule has 2 rings (SSSR count). The maximum Gasteiger partial charge on any atom is 0.161 e. The average Bonchev–Trinajstić information content (AvgIpc) is 2.70. The number of rotatable bonds is 2. The molecule has 0 radical (unpaired) electrons. The number of hydrogen-bond acceptors (Lipinski definition) is 3. The Balaban J connectivity index is 2.05. The standard InChI is InChI=1S/C11H12BrClN2S/c1-2-8-6-14-11(16-8)15-10-4-3-7(12)5-9(10)13/h3-5,8H,2,6H2,1H3,(H,14,15). The molecule has 0 bridgehead atoms. The lowest BCUT2D eigenvalue weighted by Crippen LogP contribution is -2.07. The van der Waals surface area contributed by atoms with E-state index in [0.717, 1.165) is 28.3 Å². The summed E-state index contributed by atoms with van der Waals surface area (Å²) in [6.45, 7) is 3.08. The average molecular weight is 320 g/mol. The Morgan fingerprint density at radius 3 is 3.06 bits per heavy atom. The second-order valence-corrected chi connectivity index (χ2v) is 6.16. The van der Waals surface area contributed by atoms with Crippen molar-refractivity contribution in [2.75, 3.05) is 11.9 Å². The zero-order valence-corrected chi connectivity index (χ0v) is 12.0. The third-order valence-corrected chi connectivity index (χ3v) is 4.42. The maximum absolute atomic E-state index is 6.12. The SMILES string of the molecule is CCC1CN=C(Nc2ccc(Br)cc2Cl)S1. The van der Waals surface area contributed by atoms with Crippen molar-refractivity contribution in [3.05, 3.63) is 27.7 Å². The summed E-state index contributed by atoms with van der Waals surface area (Å²) in [6, 6.07) is 5.79. The second-order valence-electron chi connectivity index (χ2n) is 3.54. The van der Waals surface area contributed by atoms with Gasteiger partial charge in [0.25, 0.3) is 0 Å². The van der Waals surface area contributed by atoms with E-state index in [-0.39, 0.29) is 0 Å². The highest BCUT2D eigenvalue weighted by Gasteiger charge is 2.18. The number of thioether (sulfide) groups is 1. The number of amidine groups is 1. The van der Waals surface area contributed by atoms with Crippen molar-refractivity contribution in [1.29, 1.82) is 0 Å². The smallest absolute Gasteiger partial charge is 0.161 e. The molecule has 5 heteroatoms. The molecule has 1 atom stereocenters. The monoisotopic (exact) mass is 318 g/mol. The van der Waals surface area contributed by atoms with Crippen molar-refractivity contribution in [2.45, 2.75) is 18.6 Å². The van der Waals surface area contributed by atoms with E-state index in [0.29, 0.717) is 10.3 Å². The first-order valence-corrected chi connectivity index (χ1v) is 7.17. The van der Waals surface area contributed by atoms with Crippen LogP contribution in [0.3, 0.4) is 0 Å². The number of halogens is 2. The molecule has 0 amide bonds. The highest BCUT2D eigenvalue weighted by Crippen LogP contribution is 2.29. The van der Waals surface area contributed by atoms with Crippen molar-refractivity contribution in [1.82, 2.24) is 0 Å². The molecule has 0 fully saturated rings. The predicted octanol–water partition coefficient (Wildman–Crippen LogP) is 4.40. The molecular formula is C11H12BrClN2S. The lowest BCUT2D eigenvalue weighted by Gasteiger charge is -2.08. The molecule has 1 heterocycles. The number of benzene rings is 1. The highest BCUT2D eigenvalue weighted by molar-refractivity contribution is 9.10. The van der Waals surface area contributed by atoms with Crippen LogP contribution in [0.25, 0.3) is 0 Å². The lowest BCUT2D eigenvalue weighted by atomic mass is 10.3. The van der Waals surface area contributed by atoms with Crippen LogP contribution in [-0.4, -0.2) is 17.0 Å². The minimum absolute atomic E-state index is 0.608. The van der Waals surface area contributed by atoms with Gasteiger partial charge in [0.05, 0.1) is 17.3 Å². The van der Waals surface area contributed by atoms with Gasteiger partial charge in [-0.25, -0.2) is 0 Å². The largest absolute Gasteiger partial charge is 0.334 e. The van der Waals surface area contributed by atoms with Crippen LogP contribution in [0, 0.1) is 0 Å². The number of anilines is 1. The first kappa shape index (κ1) is 12.3. The number of hydrogen-bond donors (Lipinski definition) is 1. The highest BCUT2D eigenvalue weighted by atomic mass is 79.9. The van der Waals surface area contributed by atoms with Gasteiger partial charge in [-0.3, -0.25) is 4.99 Å². The maximum atomic E-state index is 6.12. The van der Waals surface area contributed by atoms with Crippen LogP contribution in [0.2, 0.25) is 5.02 Å². The molecule has 0 aliphatic carbocycles. The van der Waals surface area contributed by atoms with Crippen LogP contribution in [0.1, 0.15) is 13.3 Å². The van der Waals surface area contributed by atoms with E-state index >= 15 is 0 Å². The molecule has 16 heavy (non-hydrogen) atoms. The van der Waals surface area contributed by atoms with Crippen LogP contribution in [0.15, 0.2) is 27.7 Å². The second kappa shape index (κ2) is 5.43. The summed E-state index contributed by atoms with van der Waals surface area (Å²) in [7, 11) is 0. The van der Waals surface area contributed by atoms with E-state index in [2.05, 4.69) is 33.2 Å². The normalized spacial score (nSPS) is 19.7. The van der Waals surface area contributed by atoms with Gasteiger partial charge in [0.15, 0.2) is 5.17 Å². The predicted molar refractivity (Wildman–Crippen MR) is 76.7 cm³/mol. The summed E-state index contributed by atoms with van der Waals surface area (Å²) < 4.78 is 0.982. The van der Waals surface area contributed by atoms with Gasteiger partial charge >= 0.3 is 0 Å². The quantitative estimate of drug-likeness (QED) is 0.874. The topological polar surface area (TPSA) is 24.4 Å². The fourth-order valence-corrected chi connectivity index (χ4v) is 3.07. The first-order valence-electron chi connectivity index (χ1n) is 5.12. The van der Waals surface area contributed by atoms with Gasteiger partial charge in [0, 0.05) is 9.72 Å². The Hall–Kier alpha value is -0.190. The molecule has 1 aromatic carbocycles. The van der Waals surface area contributed by atoms with Gasteiger partial charge in [-0.1, -0.05) is 46.2 Å². The van der Waals surface area contributed by atoms with Crippen molar-refractivity contribution < 1.29 is 0 Å². The summed E-state index contributed by atoms with van der Waals surface area (Å²) >= 11 is 11.3. The Morgan fingerprint density at radius 1 is 1.62 bits per heavy atom. The summed E-state index contributed by atoms with van der Waals surface area (Å²) in [4.78, 5) is 4.44. The molecule has 2 nitrogen and oxygen atoms in total. The van der Waals surface area contributed by atoms with Crippen molar-refractivity contribution in [2.24, 2.45) is 4.99 Å². The zero-order valence-electron chi connectivity index (χ0n) is 8.84. The summed E-state index contributed by atoms with van der Waals surface area (Å²) in [5, 5.41) is 5.54. The fraction of sp³-hybridized carbons (Fsp3) is 0.364. The number of nitrogens with one attached hydrogen (secondary N) is 1. The summed E-state index contributed by atoms with van der Waals surface area (Å²) in [5.74, 6) is 0. The van der Waals surface area contributed by atoms with Crippen LogP contribution >= 0.6 is 39.3 Å². The van der Waals surface area contributed by atoms with Gasteiger partial charge in [0.2, 0.25) is 0 Å². The molecule has 1 aliphatic rings. The van der Waals surface area contributed by atoms with Crippen molar-refractivity contribution >= 4 is 50.1 Å². The van der Waals surface area contributed by atoms with Crippen LogP contribution < -0.4 is 5.32 Å². The van der Waals surface area contributed by atoms with Gasteiger partial charge < -0.3 is 5.32 Å². The van der Waals surface area contributed by atoms with E-state index in [4.69, 9.17) is 11.6 Å². The van der Waals surface area contributed by atoms with E-state index in [1.807, 2.05) is 18.2 Å². The molecule has 1 unspecified atom stereocenters. The van der Waals surface area contributed by atoms with Crippen LogP contribution in [0.4, 0.5) is 5.69 Å². The third-order valence-electron chi connectivity index (χ3n) is 2.34. The minimum Gasteiger partial charge on any atom is -0.334 e. The van der Waals surface area contributed by atoms with Gasteiger partial charge in [-0.2, -0.15) is 0 Å². The number of aliphatic imine (C=N–C) groups is 1. The minimum atomic E-state index is 0.608. The molecule has 0 saturated heterocycles. The van der Waals surface area contributed by atoms with Gasteiger partial charge in [-0.15, -0.1) is 0 Å². The Morgan fingerprint density at radius 2 is 2.44 bits per heavy atom. The molecule has 1 aliphatic heterocycles. The molecule has 0 spiro atoms. The van der Waals surface area contributed by atoms with Crippen LogP contribution in [0.5, 0.6) is 0 Å². The lowest BCUT2D eigenvalue weighted by molar-refractivity contribution is 0.843. The van der Waals surface area contributed by atoms with E-state index in [9.17, 15) is 0 Å². The number of nitrogens with zero attached hydrogens (tertiary/aromatic N) is 1. The van der Waals surface area contributed by atoms with Gasteiger partial charge in [0.1, 0.15) is 0 Å².